The van der Waals surface area contributed by atoms with E-state index in [4.69, 9.17) is 14.4 Å². The molecule has 0 spiro atoms. The third-order valence-electron chi connectivity index (χ3n) is 3.93. The van der Waals surface area contributed by atoms with Crippen molar-refractivity contribution >= 4 is 12.6 Å². The largest absolute Gasteiger partial charge is 0.508 e. The van der Waals surface area contributed by atoms with Gasteiger partial charge in [0.15, 0.2) is 0 Å². The topological polar surface area (TPSA) is 58.9 Å². The quantitative estimate of drug-likeness (QED) is 0.806. The zero-order chi connectivity index (χ0) is 14.3. The van der Waals surface area contributed by atoms with Crippen molar-refractivity contribution in [2.45, 2.75) is 45.3 Å². The van der Waals surface area contributed by atoms with Crippen LogP contribution in [-0.4, -0.2) is 35.1 Å². The van der Waals surface area contributed by atoms with Gasteiger partial charge in [-0.3, -0.25) is 0 Å². The van der Waals surface area contributed by atoms with Crippen LogP contribution in [0.25, 0.3) is 0 Å². The number of phenols is 1. The molecule has 0 bridgehead atoms. The van der Waals surface area contributed by atoms with Gasteiger partial charge in [-0.25, -0.2) is 0 Å². The minimum Gasteiger partial charge on any atom is -0.508 e. The smallest absolute Gasteiger partial charge is 0.494 e. The van der Waals surface area contributed by atoms with E-state index in [9.17, 15) is 5.11 Å². The summed E-state index contributed by atoms with van der Waals surface area (Å²) in [5, 5.41) is 18.7. The molecule has 0 radical (unpaired) electrons. The molecule has 104 valence electrons. The lowest BCUT2D eigenvalue weighted by molar-refractivity contribution is 0.00578. The fourth-order valence-electron chi connectivity index (χ4n) is 2.09. The van der Waals surface area contributed by atoms with E-state index >= 15 is 0 Å². The summed E-state index contributed by atoms with van der Waals surface area (Å²) in [7, 11) is -0.491. The Morgan fingerprint density at radius 3 is 2.16 bits per heavy atom. The minimum absolute atomic E-state index is 0.0479. The van der Waals surface area contributed by atoms with Crippen LogP contribution in [0, 0.1) is 0 Å². The molecule has 1 aliphatic rings. The molecule has 1 heterocycles. The third-order valence-corrected chi connectivity index (χ3v) is 3.93. The fourth-order valence-corrected chi connectivity index (χ4v) is 2.09. The summed E-state index contributed by atoms with van der Waals surface area (Å²) in [6.07, 6.45) is 0.501. The van der Waals surface area contributed by atoms with Gasteiger partial charge in [0, 0.05) is 6.61 Å². The van der Waals surface area contributed by atoms with Gasteiger partial charge in [-0.2, -0.15) is 0 Å². The summed E-state index contributed by atoms with van der Waals surface area (Å²) in [5.74, 6) is 0.163. The number of phenolic OH excluding ortho intramolecular Hbond substituents is 1. The van der Waals surface area contributed by atoms with Crippen LogP contribution in [0.4, 0.5) is 0 Å². The number of aliphatic hydroxyl groups excluding tert-OH is 1. The molecule has 5 heteroatoms. The number of hydrogen-bond acceptors (Lipinski definition) is 4. The van der Waals surface area contributed by atoms with Crippen molar-refractivity contribution in [3.63, 3.8) is 0 Å². The number of hydrogen-bond donors (Lipinski definition) is 2. The maximum atomic E-state index is 9.75. The molecule has 0 unspecified atom stereocenters. The highest BCUT2D eigenvalue weighted by molar-refractivity contribution is 6.62. The molecule has 0 atom stereocenters. The highest BCUT2D eigenvalue weighted by Crippen LogP contribution is 2.36. The Kier molecular flexibility index (Phi) is 3.64. The lowest BCUT2D eigenvalue weighted by atomic mass is 9.78. The zero-order valence-corrected chi connectivity index (χ0v) is 11.9. The summed E-state index contributed by atoms with van der Waals surface area (Å²) in [6.45, 7) is 8.01. The molecule has 0 amide bonds. The van der Waals surface area contributed by atoms with Crippen LogP contribution in [-0.2, 0) is 15.7 Å². The van der Waals surface area contributed by atoms with E-state index in [1.165, 1.54) is 0 Å². The molecular formula is C14H21BO4. The normalized spacial score (nSPS) is 20.8. The first-order valence-electron chi connectivity index (χ1n) is 6.54. The Morgan fingerprint density at radius 1 is 1.05 bits per heavy atom. The summed E-state index contributed by atoms with van der Waals surface area (Å²) in [6, 6.07) is 5.19. The number of benzene rings is 1. The van der Waals surface area contributed by atoms with Gasteiger partial charge < -0.3 is 19.5 Å². The van der Waals surface area contributed by atoms with Crippen molar-refractivity contribution in [2.24, 2.45) is 0 Å². The highest BCUT2D eigenvalue weighted by atomic mass is 16.7. The predicted octanol–water partition coefficient (Wildman–Crippen LogP) is 1.23. The van der Waals surface area contributed by atoms with E-state index in [0.717, 1.165) is 11.0 Å². The van der Waals surface area contributed by atoms with E-state index in [1.807, 2.05) is 33.8 Å². The van der Waals surface area contributed by atoms with Gasteiger partial charge in [-0.1, -0.05) is 6.07 Å². The van der Waals surface area contributed by atoms with Crippen molar-refractivity contribution in [2.75, 3.05) is 6.61 Å². The lowest BCUT2D eigenvalue weighted by Gasteiger charge is -2.32. The van der Waals surface area contributed by atoms with E-state index in [0.29, 0.717) is 6.42 Å². The van der Waals surface area contributed by atoms with Crippen LogP contribution in [0.15, 0.2) is 18.2 Å². The SMILES string of the molecule is CC1(C)OB(c2cc(O)cc(CCO)c2)OC1(C)C. The summed E-state index contributed by atoms with van der Waals surface area (Å²) in [5.41, 5.74) is 0.842. The van der Waals surface area contributed by atoms with Gasteiger partial charge in [-0.05, 0) is 57.3 Å². The summed E-state index contributed by atoms with van der Waals surface area (Å²) in [4.78, 5) is 0. The lowest BCUT2D eigenvalue weighted by Crippen LogP contribution is -2.41. The van der Waals surface area contributed by atoms with Gasteiger partial charge in [0.25, 0.3) is 0 Å². The predicted molar refractivity (Wildman–Crippen MR) is 74.6 cm³/mol. The van der Waals surface area contributed by atoms with Gasteiger partial charge in [0.05, 0.1) is 11.2 Å². The Balaban J connectivity index is 2.29. The molecule has 1 fully saturated rings. The Labute approximate surface area is 114 Å². The summed E-state index contributed by atoms with van der Waals surface area (Å²) < 4.78 is 11.9. The molecule has 1 aliphatic heterocycles. The number of rotatable bonds is 3. The van der Waals surface area contributed by atoms with Gasteiger partial charge in [0.1, 0.15) is 5.75 Å². The van der Waals surface area contributed by atoms with Crippen molar-refractivity contribution in [1.29, 1.82) is 0 Å². The first-order valence-corrected chi connectivity index (χ1v) is 6.54. The Bertz CT molecular complexity index is 455. The van der Waals surface area contributed by atoms with Crippen LogP contribution < -0.4 is 5.46 Å². The number of aromatic hydroxyl groups is 1. The molecule has 0 aliphatic carbocycles. The average molecular weight is 264 g/mol. The molecule has 1 aromatic carbocycles. The molecule has 4 nitrogen and oxygen atoms in total. The van der Waals surface area contributed by atoms with Gasteiger partial charge >= 0.3 is 7.12 Å². The van der Waals surface area contributed by atoms with Gasteiger partial charge in [-0.15, -0.1) is 0 Å². The van der Waals surface area contributed by atoms with Crippen LogP contribution in [0.2, 0.25) is 0 Å². The minimum atomic E-state index is -0.491. The molecule has 1 saturated heterocycles. The van der Waals surface area contributed by atoms with Crippen LogP contribution in [0.1, 0.15) is 33.3 Å². The molecule has 2 N–H and O–H groups in total. The van der Waals surface area contributed by atoms with Crippen molar-refractivity contribution in [3.8, 4) is 5.75 Å². The Hall–Kier alpha value is -1.04. The first-order chi connectivity index (χ1) is 8.75. The maximum Gasteiger partial charge on any atom is 0.494 e. The van der Waals surface area contributed by atoms with E-state index < -0.39 is 18.3 Å². The fraction of sp³-hybridized carbons (Fsp3) is 0.571. The summed E-state index contributed by atoms with van der Waals surface area (Å²) >= 11 is 0. The average Bonchev–Trinajstić information content (AvgIpc) is 2.48. The van der Waals surface area contributed by atoms with Crippen LogP contribution in [0.3, 0.4) is 0 Å². The third kappa shape index (κ3) is 2.78. The zero-order valence-electron chi connectivity index (χ0n) is 11.9. The standard InChI is InChI=1S/C14H21BO4/c1-13(2)14(3,4)19-15(18-13)11-7-10(5-6-16)8-12(17)9-11/h7-9,16-17H,5-6H2,1-4H3. The van der Waals surface area contributed by atoms with Crippen molar-refractivity contribution in [3.05, 3.63) is 23.8 Å². The van der Waals surface area contributed by atoms with E-state index in [2.05, 4.69) is 0 Å². The molecule has 19 heavy (non-hydrogen) atoms. The van der Waals surface area contributed by atoms with Crippen molar-refractivity contribution in [1.82, 2.24) is 0 Å². The molecule has 0 saturated carbocycles. The first kappa shape index (κ1) is 14.4. The van der Waals surface area contributed by atoms with Gasteiger partial charge in [0.2, 0.25) is 0 Å². The maximum absolute atomic E-state index is 9.75. The van der Waals surface area contributed by atoms with E-state index in [-0.39, 0.29) is 12.4 Å². The number of aliphatic hydroxyl groups is 1. The molecule has 0 aromatic heterocycles. The second-order valence-corrected chi connectivity index (χ2v) is 5.99. The second-order valence-electron chi connectivity index (χ2n) is 5.99. The molecule has 2 rings (SSSR count). The van der Waals surface area contributed by atoms with E-state index in [1.54, 1.807) is 12.1 Å². The monoisotopic (exact) mass is 264 g/mol. The highest BCUT2D eigenvalue weighted by Gasteiger charge is 2.51. The van der Waals surface area contributed by atoms with Crippen LogP contribution >= 0.6 is 0 Å². The van der Waals surface area contributed by atoms with Crippen LogP contribution in [0.5, 0.6) is 5.75 Å². The second kappa shape index (κ2) is 4.82. The molecule has 1 aromatic rings. The molecular weight excluding hydrogens is 243 g/mol. The van der Waals surface area contributed by atoms with Crippen molar-refractivity contribution < 1.29 is 19.5 Å². The Morgan fingerprint density at radius 2 is 1.63 bits per heavy atom.